The van der Waals surface area contributed by atoms with Gasteiger partial charge in [-0.3, -0.25) is 9.79 Å². The van der Waals surface area contributed by atoms with Gasteiger partial charge in [0, 0.05) is 32.6 Å². The van der Waals surface area contributed by atoms with Crippen molar-refractivity contribution in [1.82, 2.24) is 16.0 Å². The summed E-state index contributed by atoms with van der Waals surface area (Å²) in [7, 11) is 1.72. The molecule has 5 nitrogen and oxygen atoms in total. The summed E-state index contributed by atoms with van der Waals surface area (Å²) >= 11 is 0. The van der Waals surface area contributed by atoms with E-state index in [1.54, 1.807) is 7.05 Å². The first-order chi connectivity index (χ1) is 9.61. The molecule has 0 fully saturated rings. The van der Waals surface area contributed by atoms with Crippen molar-refractivity contribution in [2.45, 2.75) is 32.9 Å². The van der Waals surface area contributed by atoms with Crippen molar-refractivity contribution in [2.24, 2.45) is 4.99 Å². The molecule has 3 N–H and O–H groups in total. The summed E-state index contributed by atoms with van der Waals surface area (Å²) < 4.78 is 0. The van der Waals surface area contributed by atoms with E-state index in [1.807, 2.05) is 44.2 Å². The summed E-state index contributed by atoms with van der Waals surface area (Å²) in [5.74, 6) is 0.747. The van der Waals surface area contributed by atoms with Crippen molar-refractivity contribution in [1.29, 1.82) is 0 Å². The van der Waals surface area contributed by atoms with Crippen LogP contribution in [0.1, 0.15) is 25.8 Å². The summed E-state index contributed by atoms with van der Waals surface area (Å²) in [6.07, 6.45) is 0.422. The molecule has 0 aliphatic heterocycles. The van der Waals surface area contributed by atoms with Gasteiger partial charge < -0.3 is 16.0 Å². The summed E-state index contributed by atoms with van der Waals surface area (Å²) in [5, 5.41) is 9.17. The maximum absolute atomic E-state index is 11.7. The molecule has 0 radical (unpaired) electrons. The van der Waals surface area contributed by atoms with Crippen LogP contribution >= 0.6 is 0 Å². The van der Waals surface area contributed by atoms with E-state index in [9.17, 15) is 4.79 Å². The number of guanidine groups is 1. The van der Waals surface area contributed by atoms with Gasteiger partial charge in [-0.15, -0.1) is 0 Å². The van der Waals surface area contributed by atoms with Crippen molar-refractivity contribution in [2.75, 3.05) is 13.6 Å². The lowest BCUT2D eigenvalue weighted by atomic mass is 10.2. The van der Waals surface area contributed by atoms with Crippen molar-refractivity contribution >= 4 is 11.9 Å². The second kappa shape index (κ2) is 8.96. The fraction of sp³-hybridized carbons (Fsp3) is 0.467. The minimum Gasteiger partial charge on any atom is -0.356 e. The van der Waals surface area contributed by atoms with Crippen molar-refractivity contribution in [3.63, 3.8) is 0 Å². The molecular weight excluding hydrogens is 252 g/mol. The Bertz CT molecular complexity index is 429. The zero-order valence-electron chi connectivity index (χ0n) is 12.4. The quantitative estimate of drug-likeness (QED) is 0.541. The van der Waals surface area contributed by atoms with Gasteiger partial charge in [0.05, 0.1) is 0 Å². The number of nitrogens with one attached hydrogen (secondary N) is 3. The van der Waals surface area contributed by atoms with E-state index in [0.717, 1.165) is 11.5 Å². The third-order valence-corrected chi connectivity index (χ3v) is 2.63. The van der Waals surface area contributed by atoms with E-state index in [0.29, 0.717) is 25.6 Å². The highest BCUT2D eigenvalue weighted by atomic mass is 16.1. The predicted octanol–water partition coefficient (Wildman–Crippen LogP) is 1.27. The second-order valence-electron chi connectivity index (χ2n) is 4.81. The summed E-state index contributed by atoms with van der Waals surface area (Å²) in [5.41, 5.74) is 1.10. The Kier molecular flexibility index (Phi) is 7.17. The minimum atomic E-state index is 0.0290. The normalized spacial score (nSPS) is 11.3. The number of hydrogen-bond donors (Lipinski definition) is 3. The average molecular weight is 276 g/mol. The van der Waals surface area contributed by atoms with E-state index >= 15 is 0 Å². The fourth-order valence-corrected chi connectivity index (χ4v) is 1.65. The highest BCUT2D eigenvalue weighted by Gasteiger charge is 2.03. The number of hydrogen-bond acceptors (Lipinski definition) is 2. The molecule has 0 bridgehead atoms. The fourth-order valence-electron chi connectivity index (χ4n) is 1.65. The molecule has 0 atom stereocenters. The Morgan fingerprint density at radius 1 is 1.20 bits per heavy atom. The van der Waals surface area contributed by atoms with Gasteiger partial charge >= 0.3 is 0 Å². The largest absolute Gasteiger partial charge is 0.356 e. The molecule has 0 saturated carbocycles. The molecule has 0 aliphatic carbocycles. The number of amides is 1. The van der Waals surface area contributed by atoms with Crippen LogP contribution in [-0.4, -0.2) is 31.5 Å². The Morgan fingerprint density at radius 3 is 2.50 bits per heavy atom. The SMILES string of the molecule is CN=C(NCCC(=O)NCc1ccccc1)NC(C)C. The van der Waals surface area contributed by atoms with E-state index in [4.69, 9.17) is 0 Å². The van der Waals surface area contributed by atoms with Gasteiger partial charge in [-0.25, -0.2) is 0 Å². The first kappa shape index (κ1) is 16.0. The molecule has 0 aromatic heterocycles. The second-order valence-corrected chi connectivity index (χ2v) is 4.81. The Labute approximate surface area is 120 Å². The average Bonchev–Trinajstić information content (AvgIpc) is 2.44. The molecule has 1 aromatic rings. The third-order valence-electron chi connectivity index (χ3n) is 2.63. The lowest BCUT2D eigenvalue weighted by Gasteiger charge is -2.14. The van der Waals surface area contributed by atoms with E-state index in [1.165, 1.54) is 0 Å². The molecule has 20 heavy (non-hydrogen) atoms. The molecule has 0 heterocycles. The van der Waals surface area contributed by atoms with E-state index < -0.39 is 0 Å². The number of aliphatic imine (C=N–C) groups is 1. The molecule has 0 aliphatic rings. The first-order valence-corrected chi connectivity index (χ1v) is 6.89. The molecule has 0 spiro atoms. The zero-order chi connectivity index (χ0) is 14.8. The number of carbonyl (C=O) groups is 1. The molecular formula is C15H24N4O. The highest BCUT2D eigenvalue weighted by molar-refractivity contribution is 5.81. The van der Waals surface area contributed by atoms with Gasteiger partial charge in [0.15, 0.2) is 5.96 Å². The molecule has 0 saturated heterocycles. The Balaban J connectivity index is 2.20. The van der Waals surface area contributed by atoms with E-state index in [-0.39, 0.29) is 5.91 Å². The Morgan fingerprint density at radius 2 is 1.90 bits per heavy atom. The van der Waals surface area contributed by atoms with Crippen molar-refractivity contribution in [3.05, 3.63) is 35.9 Å². The van der Waals surface area contributed by atoms with Crippen LogP contribution in [0.3, 0.4) is 0 Å². The van der Waals surface area contributed by atoms with Crippen LogP contribution in [0.2, 0.25) is 0 Å². The van der Waals surface area contributed by atoms with Crippen molar-refractivity contribution < 1.29 is 4.79 Å². The van der Waals surface area contributed by atoms with Crippen LogP contribution in [0.5, 0.6) is 0 Å². The number of carbonyl (C=O) groups excluding carboxylic acids is 1. The number of rotatable bonds is 6. The summed E-state index contributed by atoms with van der Waals surface area (Å²) in [4.78, 5) is 15.8. The van der Waals surface area contributed by atoms with Gasteiger partial charge in [-0.1, -0.05) is 30.3 Å². The van der Waals surface area contributed by atoms with Gasteiger partial charge in [0.25, 0.3) is 0 Å². The molecule has 5 heteroatoms. The van der Waals surface area contributed by atoms with Gasteiger partial charge in [0.2, 0.25) is 5.91 Å². The highest BCUT2D eigenvalue weighted by Crippen LogP contribution is 1.97. The van der Waals surface area contributed by atoms with Crippen LogP contribution in [0.4, 0.5) is 0 Å². The van der Waals surface area contributed by atoms with Crippen molar-refractivity contribution in [3.8, 4) is 0 Å². The van der Waals surface area contributed by atoms with Crippen LogP contribution in [0.15, 0.2) is 35.3 Å². The first-order valence-electron chi connectivity index (χ1n) is 6.89. The van der Waals surface area contributed by atoms with Gasteiger partial charge in [-0.2, -0.15) is 0 Å². The van der Waals surface area contributed by atoms with E-state index in [2.05, 4.69) is 20.9 Å². The lowest BCUT2D eigenvalue weighted by molar-refractivity contribution is -0.121. The Hall–Kier alpha value is -2.04. The van der Waals surface area contributed by atoms with Gasteiger partial charge in [0.1, 0.15) is 0 Å². The number of benzene rings is 1. The predicted molar refractivity (Wildman–Crippen MR) is 82.5 cm³/mol. The van der Waals surface area contributed by atoms with Crippen LogP contribution in [0.25, 0.3) is 0 Å². The molecule has 110 valence electrons. The third kappa shape index (κ3) is 6.78. The zero-order valence-corrected chi connectivity index (χ0v) is 12.4. The molecule has 1 aromatic carbocycles. The molecule has 0 unspecified atom stereocenters. The van der Waals surface area contributed by atoms with Crippen LogP contribution in [-0.2, 0) is 11.3 Å². The lowest BCUT2D eigenvalue weighted by Crippen LogP contribution is -2.42. The number of nitrogens with zero attached hydrogens (tertiary/aromatic N) is 1. The molecule has 1 rings (SSSR count). The standard InChI is InChI=1S/C15H24N4O/c1-12(2)19-15(16-3)17-10-9-14(20)18-11-13-7-5-4-6-8-13/h4-8,12H,9-11H2,1-3H3,(H,18,20)(H2,16,17,19). The van der Waals surface area contributed by atoms with Gasteiger partial charge in [-0.05, 0) is 19.4 Å². The maximum atomic E-state index is 11.7. The van der Waals surface area contributed by atoms with Crippen LogP contribution < -0.4 is 16.0 Å². The smallest absolute Gasteiger partial charge is 0.222 e. The summed E-state index contributed by atoms with van der Waals surface area (Å²) in [6, 6.07) is 10.2. The topological polar surface area (TPSA) is 65.5 Å². The monoisotopic (exact) mass is 276 g/mol. The minimum absolute atomic E-state index is 0.0290. The van der Waals surface area contributed by atoms with Crippen LogP contribution in [0, 0.1) is 0 Å². The molecule has 1 amide bonds. The summed E-state index contributed by atoms with van der Waals surface area (Å²) in [6.45, 7) is 5.21. The maximum Gasteiger partial charge on any atom is 0.222 e.